The number of rotatable bonds is 6. The van der Waals surface area contributed by atoms with Crippen molar-refractivity contribution < 1.29 is 18.8 Å². The van der Waals surface area contributed by atoms with Crippen molar-refractivity contribution in [3.8, 4) is 11.5 Å². The zero-order valence-corrected chi connectivity index (χ0v) is 12.7. The van der Waals surface area contributed by atoms with Crippen molar-refractivity contribution in [1.82, 2.24) is 10.2 Å². The maximum absolute atomic E-state index is 13.6. The Morgan fingerprint density at radius 2 is 1.91 bits per heavy atom. The van der Waals surface area contributed by atoms with Gasteiger partial charge in [0.15, 0.2) is 11.5 Å². The Kier molecular flexibility index (Phi) is 5.51. The van der Waals surface area contributed by atoms with E-state index in [1.165, 1.54) is 26.4 Å². The number of nitro benzene ring substituents is 1. The third-order valence-corrected chi connectivity index (χ3v) is 3.83. The summed E-state index contributed by atoms with van der Waals surface area (Å²) in [6.07, 6.45) is 0. The van der Waals surface area contributed by atoms with Crippen LogP contribution in [0.25, 0.3) is 0 Å². The standard InChI is InChI=1S/C14H20FN3O4/c1-21-13-7-10(11(18(19)20)8-14(13)22-2)12(9-15)17-5-3-16-4-6-17/h7-8,12,16H,3-6,9H2,1-2H3/t12-/m0/s1. The van der Waals surface area contributed by atoms with Crippen molar-refractivity contribution in [2.75, 3.05) is 47.1 Å². The number of halogens is 1. The molecule has 22 heavy (non-hydrogen) atoms. The van der Waals surface area contributed by atoms with Crippen molar-refractivity contribution in [3.05, 3.63) is 27.8 Å². The zero-order chi connectivity index (χ0) is 16.1. The van der Waals surface area contributed by atoms with Gasteiger partial charge in [0.05, 0.1) is 36.8 Å². The van der Waals surface area contributed by atoms with Gasteiger partial charge in [-0.2, -0.15) is 0 Å². The minimum absolute atomic E-state index is 0.154. The van der Waals surface area contributed by atoms with Crippen LogP contribution in [0.5, 0.6) is 11.5 Å². The fraction of sp³-hybridized carbons (Fsp3) is 0.571. The molecule has 122 valence electrons. The molecule has 0 aromatic heterocycles. The largest absolute Gasteiger partial charge is 0.493 e. The number of piperazine rings is 1. The van der Waals surface area contributed by atoms with Gasteiger partial charge in [0.2, 0.25) is 0 Å². The number of alkyl halides is 1. The van der Waals surface area contributed by atoms with Gasteiger partial charge in [-0.05, 0) is 6.07 Å². The van der Waals surface area contributed by atoms with Gasteiger partial charge in [-0.15, -0.1) is 0 Å². The van der Waals surface area contributed by atoms with E-state index in [4.69, 9.17) is 9.47 Å². The molecular formula is C14H20FN3O4. The molecule has 0 amide bonds. The first-order chi connectivity index (χ1) is 10.6. The average Bonchev–Trinajstić information content (AvgIpc) is 2.55. The topological polar surface area (TPSA) is 76.9 Å². The Labute approximate surface area is 128 Å². The van der Waals surface area contributed by atoms with Gasteiger partial charge in [0.25, 0.3) is 5.69 Å². The predicted molar refractivity (Wildman–Crippen MR) is 79.4 cm³/mol. The number of nitrogens with one attached hydrogen (secondary N) is 1. The van der Waals surface area contributed by atoms with Crippen molar-refractivity contribution in [1.29, 1.82) is 0 Å². The number of hydrogen-bond acceptors (Lipinski definition) is 6. The van der Waals surface area contributed by atoms with Crippen molar-refractivity contribution in [2.24, 2.45) is 0 Å². The lowest BCUT2D eigenvalue weighted by atomic mass is 10.0. The Hall–Kier alpha value is -1.93. The fourth-order valence-electron chi connectivity index (χ4n) is 2.68. The molecule has 7 nitrogen and oxygen atoms in total. The second kappa shape index (κ2) is 7.37. The van der Waals surface area contributed by atoms with Crippen molar-refractivity contribution in [2.45, 2.75) is 6.04 Å². The predicted octanol–water partition coefficient (Wildman–Crippen LogP) is 1.53. The zero-order valence-electron chi connectivity index (χ0n) is 12.7. The minimum Gasteiger partial charge on any atom is -0.493 e. The normalized spacial score (nSPS) is 17.0. The molecule has 1 aromatic carbocycles. The average molecular weight is 313 g/mol. The highest BCUT2D eigenvalue weighted by molar-refractivity contribution is 5.55. The molecule has 1 aromatic rings. The van der Waals surface area contributed by atoms with Crippen LogP contribution < -0.4 is 14.8 Å². The first-order valence-electron chi connectivity index (χ1n) is 7.03. The Bertz CT molecular complexity index is 535. The monoisotopic (exact) mass is 313 g/mol. The number of nitro groups is 1. The van der Waals surface area contributed by atoms with E-state index in [0.29, 0.717) is 24.4 Å². The van der Waals surface area contributed by atoms with Crippen LogP contribution in [0.15, 0.2) is 12.1 Å². The van der Waals surface area contributed by atoms with Crippen molar-refractivity contribution >= 4 is 5.69 Å². The van der Waals surface area contributed by atoms with E-state index in [2.05, 4.69) is 5.32 Å². The van der Waals surface area contributed by atoms with Gasteiger partial charge in [-0.1, -0.05) is 0 Å². The highest BCUT2D eigenvalue weighted by Gasteiger charge is 2.30. The number of ether oxygens (including phenoxy) is 2. The summed E-state index contributed by atoms with van der Waals surface area (Å²) in [5.74, 6) is 0.618. The molecule has 1 fully saturated rings. The number of hydrogen-bond donors (Lipinski definition) is 1. The van der Waals surface area contributed by atoms with E-state index in [0.717, 1.165) is 13.1 Å². The molecule has 1 heterocycles. The van der Waals surface area contributed by atoms with E-state index in [-0.39, 0.29) is 11.4 Å². The molecule has 1 N–H and O–H groups in total. The quantitative estimate of drug-likeness (QED) is 0.634. The lowest BCUT2D eigenvalue weighted by Gasteiger charge is -2.33. The van der Waals surface area contributed by atoms with Gasteiger partial charge in [-0.25, -0.2) is 4.39 Å². The van der Waals surface area contributed by atoms with E-state index in [1.807, 2.05) is 4.90 Å². The molecule has 1 aliphatic heterocycles. The molecule has 0 bridgehead atoms. The van der Waals surface area contributed by atoms with Crippen LogP contribution in [-0.4, -0.2) is 56.9 Å². The summed E-state index contributed by atoms with van der Waals surface area (Å²) in [6, 6.07) is 2.13. The Balaban J connectivity index is 2.47. The molecule has 0 saturated carbocycles. The number of nitrogens with zero attached hydrogens (tertiary/aromatic N) is 2. The van der Waals surface area contributed by atoms with Gasteiger partial charge in [0.1, 0.15) is 6.67 Å². The summed E-state index contributed by atoms with van der Waals surface area (Å²) in [5, 5.41) is 14.5. The van der Waals surface area contributed by atoms with Gasteiger partial charge >= 0.3 is 0 Å². The smallest absolute Gasteiger partial charge is 0.278 e. The molecule has 1 atom stereocenters. The van der Waals surface area contributed by atoms with Crippen LogP contribution in [0.4, 0.5) is 10.1 Å². The second-order valence-electron chi connectivity index (χ2n) is 4.98. The third-order valence-electron chi connectivity index (χ3n) is 3.83. The van der Waals surface area contributed by atoms with E-state index < -0.39 is 17.6 Å². The van der Waals surface area contributed by atoms with Crippen LogP contribution in [0.3, 0.4) is 0 Å². The summed E-state index contributed by atoms with van der Waals surface area (Å²) >= 11 is 0. The van der Waals surface area contributed by atoms with E-state index in [9.17, 15) is 14.5 Å². The van der Waals surface area contributed by atoms with Gasteiger partial charge in [0, 0.05) is 26.2 Å². The van der Waals surface area contributed by atoms with E-state index >= 15 is 0 Å². The SMILES string of the molecule is COc1cc([C@H](CF)N2CCNCC2)c([N+](=O)[O-])cc1OC. The lowest BCUT2D eigenvalue weighted by Crippen LogP contribution is -2.45. The van der Waals surface area contributed by atoms with E-state index in [1.54, 1.807) is 0 Å². The van der Waals surface area contributed by atoms with Gasteiger partial charge in [-0.3, -0.25) is 15.0 Å². The van der Waals surface area contributed by atoms with Crippen LogP contribution >= 0.6 is 0 Å². The minimum atomic E-state index is -0.698. The Morgan fingerprint density at radius 3 is 2.41 bits per heavy atom. The highest BCUT2D eigenvalue weighted by atomic mass is 19.1. The summed E-state index contributed by atoms with van der Waals surface area (Å²) in [5.41, 5.74) is 0.158. The molecule has 0 aliphatic carbocycles. The molecule has 2 rings (SSSR count). The molecule has 8 heteroatoms. The first-order valence-corrected chi connectivity index (χ1v) is 7.03. The first kappa shape index (κ1) is 16.4. The van der Waals surface area contributed by atoms with Crippen LogP contribution in [0.2, 0.25) is 0 Å². The van der Waals surface area contributed by atoms with Crippen LogP contribution in [-0.2, 0) is 0 Å². The molecule has 1 aliphatic rings. The van der Waals surface area contributed by atoms with Gasteiger partial charge < -0.3 is 14.8 Å². The fourth-order valence-corrected chi connectivity index (χ4v) is 2.68. The number of methoxy groups -OCH3 is 2. The summed E-state index contributed by atoms with van der Waals surface area (Å²) in [4.78, 5) is 12.7. The van der Waals surface area contributed by atoms with Crippen LogP contribution in [0.1, 0.15) is 11.6 Å². The summed E-state index contributed by atoms with van der Waals surface area (Å²) in [7, 11) is 2.85. The lowest BCUT2D eigenvalue weighted by molar-refractivity contribution is -0.386. The maximum atomic E-state index is 13.6. The second-order valence-corrected chi connectivity index (χ2v) is 4.98. The molecule has 0 spiro atoms. The van der Waals surface area contributed by atoms with Crippen LogP contribution in [0, 0.1) is 10.1 Å². The third kappa shape index (κ3) is 3.28. The molecular weight excluding hydrogens is 293 g/mol. The highest BCUT2D eigenvalue weighted by Crippen LogP contribution is 2.39. The molecule has 0 radical (unpaired) electrons. The molecule has 1 saturated heterocycles. The van der Waals surface area contributed by atoms with Crippen molar-refractivity contribution in [3.63, 3.8) is 0 Å². The molecule has 0 unspecified atom stereocenters. The summed E-state index contributed by atoms with van der Waals surface area (Å²) < 4.78 is 23.9. The number of benzene rings is 1. The Morgan fingerprint density at radius 1 is 1.32 bits per heavy atom. The maximum Gasteiger partial charge on any atom is 0.278 e. The summed E-state index contributed by atoms with van der Waals surface area (Å²) in [6.45, 7) is 2.05.